The first-order valence-electron chi connectivity index (χ1n) is 8.89. The summed E-state index contributed by atoms with van der Waals surface area (Å²) in [4.78, 5) is 13.0. The number of fused-ring (bicyclic) bond motifs is 1. The molecule has 3 aliphatic rings. The Morgan fingerprint density at radius 3 is 2.44 bits per heavy atom. The minimum Gasteiger partial charge on any atom is -0.343 e. The maximum Gasteiger partial charge on any atom is 0.237 e. The number of rotatable bonds is 2. The predicted molar refractivity (Wildman–Crippen MR) is 90.5 cm³/mol. The van der Waals surface area contributed by atoms with Crippen LogP contribution in [-0.2, 0) is 24.8 Å². The molecule has 0 amide bonds. The highest BCUT2D eigenvalue weighted by Gasteiger charge is 2.69. The van der Waals surface area contributed by atoms with Crippen LogP contribution in [0.15, 0.2) is 60.7 Å². The second-order valence-electron chi connectivity index (χ2n) is 7.03. The van der Waals surface area contributed by atoms with E-state index in [-0.39, 0.29) is 24.2 Å². The van der Waals surface area contributed by atoms with Crippen molar-refractivity contribution < 1.29 is 19.0 Å². The SMILES string of the molecule is O=C1C[C@@]2(c3ccccc3)O[C@H](c3ccccc3)[C@@H]3CCCO[C@@]13O2. The van der Waals surface area contributed by atoms with Gasteiger partial charge in [0.2, 0.25) is 11.6 Å². The number of carbonyl (C=O) groups is 1. The standard InChI is InChI=1S/C21H20O4/c22-18-14-20(16-10-5-2-6-11-16)24-19(15-8-3-1-4-9-15)17-12-7-13-23-21(17,18)25-20/h1-6,8-11,17,19H,7,12-14H2/t17-,19+,20+,21-/m0/s1. The topological polar surface area (TPSA) is 44.8 Å². The Morgan fingerprint density at radius 2 is 1.68 bits per heavy atom. The van der Waals surface area contributed by atoms with Gasteiger partial charge in [-0.1, -0.05) is 60.7 Å². The number of Topliss-reactive ketones (excluding diaryl/α,β-unsaturated/α-hetero) is 1. The molecule has 3 heterocycles. The first kappa shape index (κ1) is 15.3. The van der Waals surface area contributed by atoms with Gasteiger partial charge in [-0.15, -0.1) is 0 Å². The second-order valence-corrected chi connectivity index (χ2v) is 7.03. The highest BCUT2D eigenvalue weighted by molar-refractivity contribution is 5.89. The molecule has 25 heavy (non-hydrogen) atoms. The molecule has 0 N–H and O–H groups in total. The van der Waals surface area contributed by atoms with Crippen molar-refractivity contribution in [2.24, 2.45) is 5.92 Å². The summed E-state index contributed by atoms with van der Waals surface area (Å²) in [6, 6.07) is 19.9. The van der Waals surface area contributed by atoms with Crippen molar-refractivity contribution >= 4 is 5.78 Å². The van der Waals surface area contributed by atoms with E-state index in [0.717, 1.165) is 24.0 Å². The smallest absolute Gasteiger partial charge is 0.237 e. The zero-order chi connectivity index (χ0) is 16.9. The largest absolute Gasteiger partial charge is 0.343 e. The number of benzene rings is 2. The maximum absolute atomic E-state index is 13.0. The van der Waals surface area contributed by atoms with Crippen LogP contribution in [-0.4, -0.2) is 18.2 Å². The van der Waals surface area contributed by atoms with Crippen LogP contribution in [0.3, 0.4) is 0 Å². The lowest BCUT2D eigenvalue weighted by Gasteiger charge is -2.50. The fourth-order valence-electron chi connectivity index (χ4n) is 4.46. The van der Waals surface area contributed by atoms with Crippen molar-refractivity contribution in [3.05, 3.63) is 71.8 Å². The fraction of sp³-hybridized carbons (Fsp3) is 0.381. The third-order valence-corrected chi connectivity index (χ3v) is 5.59. The number of ketones is 1. The Morgan fingerprint density at radius 1 is 0.960 bits per heavy atom. The molecule has 4 nitrogen and oxygen atoms in total. The quantitative estimate of drug-likeness (QED) is 0.838. The highest BCUT2D eigenvalue weighted by atomic mass is 16.8. The molecule has 4 heteroatoms. The average molecular weight is 336 g/mol. The number of ether oxygens (including phenoxy) is 3. The van der Waals surface area contributed by atoms with Gasteiger partial charge in [-0.2, -0.15) is 0 Å². The monoisotopic (exact) mass is 336 g/mol. The van der Waals surface area contributed by atoms with Gasteiger partial charge in [0, 0.05) is 5.56 Å². The summed E-state index contributed by atoms with van der Waals surface area (Å²) in [6.45, 7) is 0.550. The van der Waals surface area contributed by atoms with Gasteiger partial charge in [-0.3, -0.25) is 4.79 Å². The van der Waals surface area contributed by atoms with E-state index in [1.165, 1.54) is 0 Å². The summed E-state index contributed by atoms with van der Waals surface area (Å²) >= 11 is 0. The third-order valence-electron chi connectivity index (χ3n) is 5.59. The zero-order valence-corrected chi connectivity index (χ0v) is 13.9. The molecular formula is C21H20O4. The minimum absolute atomic E-state index is 0.000478. The summed E-state index contributed by atoms with van der Waals surface area (Å²) in [5.74, 6) is -2.35. The van der Waals surface area contributed by atoms with E-state index in [4.69, 9.17) is 14.2 Å². The van der Waals surface area contributed by atoms with Crippen molar-refractivity contribution in [3.8, 4) is 0 Å². The van der Waals surface area contributed by atoms with Gasteiger partial charge in [0.15, 0.2) is 5.78 Å². The molecule has 4 atom stereocenters. The van der Waals surface area contributed by atoms with Gasteiger partial charge in [0.25, 0.3) is 0 Å². The minimum atomic E-state index is -1.17. The van der Waals surface area contributed by atoms with Crippen LogP contribution in [0, 0.1) is 5.92 Å². The van der Waals surface area contributed by atoms with Crippen LogP contribution in [0.2, 0.25) is 0 Å². The molecule has 0 aromatic heterocycles. The van der Waals surface area contributed by atoms with Crippen molar-refractivity contribution in [1.82, 2.24) is 0 Å². The summed E-state index contributed by atoms with van der Waals surface area (Å²) in [6.07, 6.45) is 1.74. The molecule has 3 saturated heterocycles. The van der Waals surface area contributed by atoms with Crippen molar-refractivity contribution in [2.45, 2.75) is 36.9 Å². The Hall–Kier alpha value is -2.01. The van der Waals surface area contributed by atoms with Crippen LogP contribution >= 0.6 is 0 Å². The lowest BCUT2D eigenvalue weighted by Crippen LogP contribution is -2.56. The normalized spacial score (nSPS) is 36.9. The zero-order valence-electron chi connectivity index (χ0n) is 13.9. The van der Waals surface area contributed by atoms with Gasteiger partial charge >= 0.3 is 0 Å². The molecule has 2 bridgehead atoms. The van der Waals surface area contributed by atoms with E-state index in [1.807, 2.05) is 48.5 Å². The van der Waals surface area contributed by atoms with Crippen molar-refractivity contribution in [3.63, 3.8) is 0 Å². The molecule has 5 rings (SSSR count). The molecule has 0 saturated carbocycles. The van der Waals surface area contributed by atoms with E-state index in [1.54, 1.807) is 0 Å². The average Bonchev–Trinajstić information content (AvgIpc) is 2.90. The summed E-state index contributed by atoms with van der Waals surface area (Å²) in [7, 11) is 0. The van der Waals surface area contributed by atoms with Crippen molar-refractivity contribution in [1.29, 1.82) is 0 Å². The Labute approximate surface area is 146 Å². The molecule has 3 fully saturated rings. The highest BCUT2D eigenvalue weighted by Crippen LogP contribution is 2.59. The predicted octanol–water partition coefficient (Wildman–Crippen LogP) is 3.72. The molecule has 1 spiro atoms. The van der Waals surface area contributed by atoms with E-state index >= 15 is 0 Å². The van der Waals surface area contributed by atoms with E-state index < -0.39 is 11.6 Å². The second kappa shape index (κ2) is 5.49. The Kier molecular flexibility index (Phi) is 3.35. The summed E-state index contributed by atoms with van der Waals surface area (Å²) in [5.41, 5.74) is 1.94. The van der Waals surface area contributed by atoms with Crippen molar-refractivity contribution in [2.75, 3.05) is 6.61 Å². The van der Waals surface area contributed by atoms with Gasteiger partial charge < -0.3 is 14.2 Å². The van der Waals surface area contributed by atoms with Crippen LogP contribution in [0.25, 0.3) is 0 Å². The van der Waals surface area contributed by atoms with E-state index in [2.05, 4.69) is 12.1 Å². The van der Waals surface area contributed by atoms with E-state index in [0.29, 0.717) is 6.61 Å². The maximum atomic E-state index is 13.0. The summed E-state index contributed by atoms with van der Waals surface area (Å²) in [5, 5.41) is 0. The summed E-state index contributed by atoms with van der Waals surface area (Å²) < 4.78 is 18.9. The van der Waals surface area contributed by atoms with Crippen LogP contribution in [0.5, 0.6) is 0 Å². The Bertz CT molecular complexity index is 790. The van der Waals surface area contributed by atoms with Gasteiger partial charge in [-0.25, -0.2) is 0 Å². The molecule has 3 aliphatic heterocycles. The van der Waals surface area contributed by atoms with Gasteiger partial charge in [0.1, 0.15) is 0 Å². The number of carbonyl (C=O) groups excluding carboxylic acids is 1. The van der Waals surface area contributed by atoms with Crippen LogP contribution in [0.4, 0.5) is 0 Å². The molecule has 0 unspecified atom stereocenters. The van der Waals surface area contributed by atoms with E-state index in [9.17, 15) is 4.79 Å². The van der Waals surface area contributed by atoms with Gasteiger partial charge in [-0.05, 0) is 18.4 Å². The lowest BCUT2D eigenvalue weighted by atomic mass is 9.81. The molecule has 0 aliphatic carbocycles. The molecule has 128 valence electrons. The molecule has 2 aromatic carbocycles. The first-order valence-corrected chi connectivity index (χ1v) is 8.89. The fourth-order valence-corrected chi connectivity index (χ4v) is 4.46. The lowest BCUT2D eigenvalue weighted by molar-refractivity contribution is -0.411. The number of hydrogen-bond donors (Lipinski definition) is 0. The van der Waals surface area contributed by atoms with Gasteiger partial charge in [0.05, 0.1) is 25.0 Å². The first-order chi connectivity index (χ1) is 12.2. The third kappa shape index (κ3) is 2.15. The van der Waals surface area contributed by atoms with Crippen LogP contribution < -0.4 is 0 Å². The Balaban J connectivity index is 1.66. The number of hydrogen-bond acceptors (Lipinski definition) is 4. The molecular weight excluding hydrogens is 316 g/mol. The van der Waals surface area contributed by atoms with Crippen LogP contribution in [0.1, 0.15) is 36.5 Å². The molecule has 0 radical (unpaired) electrons. The molecule has 2 aromatic rings.